The molecular formula is C18H23NO5. The van der Waals surface area contributed by atoms with E-state index in [1.54, 1.807) is 25.3 Å². The Bertz CT molecular complexity index is 632. The SMILES string of the molecule is COc1ccc(C(=O)NCC2(C(=O)O)CC2)cc1OC1CCCC1. The number of ether oxygens (including phenoxy) is 2. The average Bonchev–Trinajstić information content (AvgIpc) is 3.22. The third kappa shape index (κ3) is 3.47. The first-order valence-corrected chi connectivity index (χ1v) is 8.40. The van der Waals surface area contributed by atoms with E-state index in [1.165, 1.54) is 0 Å². The lowest BCUT2D eigenvalue weighted by molar-refractivity contribution is -0.143. The normalized spacial score (nSPS) is 18.9. The maximum absolute atomic E-state index is 12.3. The van der Waals surface area contributed by atoms with Gasteiger partial charge in [-0.25, -0.2) is 0 Å². The minimum atomic E-state index is -0.845. The monoisotopic (exact) mass is 333 g/mol. The van der Waals surface area contributed by atoms with E-state index in [4.69, 9.17) is 9.47 Å². The van der Waals surface area contributed by atoms with Gasteiger partial charge < -0.3 is 19.9 Å². The summed E-state index contributed by atoms with van der Waals surface area (Å²) in [5, 5.41) is 11.9. The largest absolute Gasteiger partial charge is 0.493 e. The average molecular weight is 333 g/mol. The fourth-order valence-electron chi connectivity index (χ4n) is 3.06. The molecule has 2 N–H and O–H groups in total. The van der Waals surface area contributed by atoms with Crippen molar-refractivity contribution in [1.82, 2.24) is 5.32 Å². The van der Waals surface area contributed by atoms with Crippen LogP contribution in [0.15, 0.2) is 18.2 Å². The molecule has 2 fully saturated rings. The molecule has 0 atom stereocenters. The van der Waals surface area contributed by atoms with E-state index in [0.717, 1.165) is 25.7 Å². The number of rotatable bonds is 7. The van der Waals surface area contributed by atoms with Gasteiger partial charge in [-0.05, 0) is 56.7 Å². The third-order valence-corrected chi connectivity index (χ3v) is 4.92. The highest BCUT2D eigenvalue weighted by Crippen LogP contribution is 2.45. The second-order valence-electron chi connectivity index (χ2n) is 6.66. The molecule has 2 aliphatic rings. The topological polar surface area (TPSA) is 84.9 Å². The Balaban J connectivity index is 1.68. The van der Waals surface area contributed by atoms with E-state index in [-0.39, 0.29) is 18.6 Å². The van der Waals surface area contributed by atoms with Crippen molar-refractivity contribution in [3.8, 4) is 11.5 Å². The van der Waals surface area contributed by atoms with Gasteiger partial charge in [0.1, 0.15) is 0 Å². The van der Waals surface area contributed by atoms with Crippen LogP contribution in [0.2, 0.25) is 0 Å². The molecule has 1 aromatic rings. The smallest absolute Gasteiger partial charge is 0.311 e. The van der Waals surface area contributed by atoms with Crippen LogP contribution < -0.4 is 14.8 Å². The van der Waals surface area contributed by atoms with Gasteiger partial charge >= 0.3 is 5.97 Å². The zero-order chi connectivity index (χ0) is 17.2. The van der Waals surface area contributed by atoms with Gasteiger partial charge in [-0.15, -0.1) is 0 Å². The predicted octanol–water partition coefficient (Wildman–Crippen LogP) is 2.61. The number of carbonyl (C=O) groups is 2. The Morgan fingerprint density at radius 1 is 1.25 bits per heavy atom. The molecule has 1 aromatic carbocycles. The number of aliphatic carboxylic acids is 1. The van der Waals surface area contributed by atoms with Crippen molar-refractivity contribution in [2.75, 3.05) is 13.7 Å². The van der Waals surface area contributed by atoms with Gasteiger partial charge in [0.15, 0.2) is 11.5 Å². The van der Waals surface area contributed by atoms with E-state index < -0.39 is 11.4 Å². The van der Waals surface area contributed by atoms with Crippen LogP contribution in [0.5, 0.6) is 11.5 Å². The first kappa shape index (κ1) is 16.6. The molecule has 0 aromatic heterocycles. The maximum Gasteiger partial charge on any atom is 0.311 e. The lowest BCUT2D eigenvalue weighted by atomic mass is 10.1. The van der Waals surface area contributed by atoms with E-state index in [1.807, 2.05) is 0 Å². The van der Waals surface area contributed by atoms with Gasteiger partial charge in [-0.1, -0.05) is 0 Å². The Hall–Kier alpha value is -2.24. The highest BCUT2D eigenvalue weighted by Gasteiger charge is 2.50. The summed E-state index contributed by atoms with van der Waals surface area (Å²) in [4.78, 5) is 23.5. The van der Waals surface area contributed by atoms with Gasteiger partial charge in [0.25, 0.3) is 5.91 Å². The summed E-state index contributed by atoms with van der Waals surface area (Å²) in [6.07, 6.45) is 5.73. The van der Waals surface area contributed by atoms with Crippen LogP contribution in [-0.2, 0) is 4.79 Å². The van der Waals surface area contributed by atoms with E-state index >= 15 is 0 Å². The summed E-state index contributed by atoms with van der Waals surface area (Å²) in [5.74, 6) is 0.0308. The molecular weight excluding hydrogens is 310 g/mol. The van der Waals surface area contributed by atoms with Gasteiger partial charge in [0.05, 0.1) is 18.6 Å². The van der Waals surface area contributed by atoms with Crippen molar-refractivity contribution in [2.24, 2.45) is 5.41 Å². The lowest BCUT2D eigenvalue weighted by Crippen LogP contribution is -2.34. The summed E-state index contributed by atoms with van der Waals surface area (Å²) in [7, 11) is 1.57. The number of nitrogens with one attached hydrogen (secondary N) is 1. The lowest BCUT2D eigenvalue weighted by Gasteiger charge is -2.17. The summed E-state index contributed by atoms with van der Waals surface area (Å²) >= 11 is 0. The quantitative estimate of drug-likeness (QED) is 0.801. The molecule has 6 heteroatoms. The van der Waals surface area contributed by atoms with Gasteiger partial charge in [0.2, 0.25) is 0 Å². The Kier molecular flexibility index (Phi) is 4.64. The predicted molar refractivity (Wildman–Crippen MR) is 87.5 cm³/mol. The molecule has 24 heavy (non-hydrogen) atoms. The molecule has 3 rings (SSSR count). The summed E-state index contributed by atoms with van der Waals surface area (Å²) in [5.41, 5.74) is -0.323. The molecule has 0 radical (unpaired) electrons. The summed E-state index contributed by atoms with van der Waals surface area (Å²) in [6.45, 7) is 0.159. The van der Waals surface area contributed by atoms with Crippen LogP contribution >= 0.6 is 0 Å². The number of benzene rings is 1. The van der Waals surface area contributed by atoms with Crippen LogP contribution in [0, 0.1) is 5.41 Å². The van der Waals surface area contributed by atoms with Gasteiger partial charge in [0, 0.05) is 12.1 Å². The highest BCUT2D eigenvalue weighted by molar-refractivity contribution is 5.95. The first-order chi connectivity index (χ1) is 11.5. The third-order valence-electron chi connectivity index (χ3n) is 4.92. The Morgan fingerprint density at radius 2 is 1.96 bits per heavy atom. The molecule has 0 bridgehead atoms. The molecule has 130 valence electrons. The number of hydrogen-bond donors (Lipinski definition) is 2. The Morgan fingerprint density at radius 3 is 2.54 bits per heavy atom. The molecule has 1 amide bonds. The zero-order valence-corrected chi connectivity index (χ0v) is 13.8. The summed E-state index contributed by atoms with van der Waals surface area (Å²) in [6, 6.07) is 5.05. The number of carboxylic acids is 1. The van der Waals surface area contributed by atoms with E-state index in [0.29, 0.717) is 29.9 Å². The minimum absolute atomic E-state index is 0.159. The van der Waals surface area contributed by atoms with Gasteiger partial charge in [-0.2, -0.15) is 0 Å². The molecule has 0 saturated heterocycles. The molecule has 0 heterocycles. The van der Waals surface area contributed by atoms with Crippen molar-refractivity contribution in [2.45, 2.75) is 44.6 Å². The number of carboxylic acid groups (broad SMARTS) is 1. The van der Waals surface area contributed by atoms with Crippen molar-refractivity contribution in [3.05, 3.63) is 23.8 Å². The second kappa shape index (κ2) is 6.71. The van der Waals surface area contributed by atoms with E-state index in [9.17, 15) is 14.7 Å². The van der Waals surface area contributed by atoms with Gasteiger partial charge in [-0.3, -0.25) is 9.59 Å². The molecule has 0 aliphatic heterocycles. The van der Waals surface area contributed by atoms with Crippen LogP contribution in [0.1, 0.15) is 48.9 Å². The maximum atomic E-state index is 12.3. The van der Waals surface area contributed by atoms with Crippen LogP contribution in [0.3, 0.4) is 0 Å². The van der Waals surface area contributed by atoms with Crippen molar-refractivity contribution in [1.29, 1.82) is 0 Å². The standard InChI is InChI=1S/C18H23NO5/c1-23-14-7-6-12(10-15(14)24-13-4-2-3-5-13)16(20)19-11-18(8-9-18)17(21)22/h6-7,10,13H,2-5,8-9,11H2,1H3,(H,19,20)(H,21,22). The van der Waals surface area contributed by atoms with Crippen LogP contribution in [0.25, 0.3) is 0 Å². The van der Waals surface area contributed by atoms with Crippen molar-refractivity contribution >= 4 is 11.9 Å². The second-order valence-corrected chi connectivity index (χ2v) is 6.66. The number of amides is 1. The van der Waals surface area contributed by atoms with Crippen molar-refractivity contribution < 1.29 is 24.2 Å². The van der Waals surface area contributed by atoms with Crippen molar-refractivity contribution in [3.63, 3.8) is 0 Å². The number of methoxy groups -OCH3 is 1. The fraction of sp³-hybridized carbons (Fsp3) is 0.556. The molecule has 2 saturated carbocycles. The first-order valence-electron chi connectivity index (χ1n) is 8.40. The minimum Gasteiger partial charge on any atom is -0.493 e. The number of hydrogen-bond acceptors (Lipinski definition) is 4. The summed E-state index contributed by atoms with van der Waals surface area (Å²) < 4.78 is 11.3. The fourth-order valence-corrected chi connectivity index (χ4v) is 3.06. The van der Waals surface area contributed by atoms with Crippen LogP contribution in [0.4, 0.5) is 0 Å². The highest BCUT2D eigenvalue weighted by atomic mass is 16.5. The van der Waals surface area contributed by atoms with E-state index in [2.05, 4.69) is 5.32 Å². The molecule has 2 aliphatic carbocycles. The zero-order valence-electron chi connectivity index (χ0n) is 13.8. The molecule has 0 unspecified atom stereocenters. The van der Waals surface area contributed by atoms with Crippen LogP contribution in [-0.4, -0.2) is 36.7 Å². The Labute approximate surface area is 141 Å². The molecule has 6 nitrogen and oxygen atoms in total. The molecule has 0 spiro atoms. The number of carbonyl (C=O) groups excluding carboxylic acids is 1.